The number of anilines is 2. The van der Waals surface area contributed by atoms with Crippen molar-refractivity contribution < 1.29 is 17.9 Å². The van der Waals surface area contributed by atoms with Crippen LogP contribution in [-0.4, -0.2) is 20.9 Å². The number of nitrogens with one attached hydrogen (secondary N) is 2. The fourth-order valence-electron chi connectivity index (χ4n) is 2.81. The monoisotopic (exact) mass is 390 g/mol. The van der Waals surface area contributed by atoms with Crippen molar-refractivity contribution in [2.45, 2.75) is 45.4 Å². The predicted molar refractivity (Wildman–Crippen MR) is 108 cm³/mol. The van der Waals surface area contributed by atoms with E-state index in [0.29, 0.717) is 36.6 Å². The first kappa shape index (κ1) is 20.8. The number of benzene rings is 2. The first-order valence-corrected chi connectivity index (χ1v) is 10.5. The van der Waals surface area contributed by atoms with Gasteiger partial charge in [0.2, 0.25) is 5.91 Å². The Bertz CT molecular complexity index is 901. The van der Waals surface area contributed by atoms with Gasteiger partial charge in [-0.15, -0.1) is 0 Å². The molecular weight excluding hydrogens is 364 g/mol. The van der Waals surface area contributed by atoms with Gasteiger partial charge in [0.15, 0.2) is 0 Å². The van der Waals surface area contributed by atoms with Gasteiger partial charge in [-0.1, -0.05) is 32.0 Å². The molecule has 2 aromatic carbocycles. The van der Waals surface area contributed by atoms with Crippen molar-refractivity contribution in [3.05, 3.63) is 47.5 Å². The summed E-state index contributed by atoms with van der Waals surface area (Å²) in [6.07, 6.45) is 1.43. The van der Waals surface area contributed by atoms with Crippen LogP contribution in [0.1, 0.15) is 38.8 Å². The Balaban J connectivity index is 2.47. The molecule has 0 aliphatic heterocycles. The molecule has 0 radical (unpaired) electrons. The molecule has 0 fully saturated rings. The van der Waals surface area contributed by atoms with Gasteiger partial charge in [-0.05, 0) is 49.1 Å². The van der Waals surface area contributed by atoms with Crippen molar-refractivity contribution in [3.63, 3.8) is 0 Å². The van der Waals surface area contributed by atoms with Gasteiger partial charge in [0.05, 0.1) is 22.9 Å². The van der Waals surface area contributed by atoms with Crippen molar-refractivity contribution in [2.75, 3.05) is 16.6 Å². The van der Waals surface area contributed by atoms with Crippen molar-refractivity contribution >= 4 is 27.3 Å². The molecule has 27 heavy (non-hydrogen) atoms. The van der Waals surface area contributed by atoms with Crippen LogP contribution in [0.3, 0.4) is 0 Å². The summed E-state index contributed by atoms with van der Waals surface area (Å²) in [5, 5.41) is 2.62. The molecule has 0 aromatic heterocycles. The van der Waals surface area contributed by atoms with Crippen LogP contribution >= 0.6 is 0 Å². The SMILES string of the molecule is CCOc1ccc(S(=O)(=O)Nc2c(CC)cccc2CC)cc1NC(C)=O. The Morgan fingerprint density at radius 1 is 1.04 bits per heavy atom. The Kier molecular flexibility index (Phi) is 6.85. The number of aryl methyl sites for hydroxylation is 2. The van der Waals surface area contributed by atoms with Crippen LogP contribution in [0, 0.1) is 0 Å². The molecule has 0 saturated carbocycles. The highest BCUT2D eigenvalue weighted by Crippen LogP contribution is 2.30. The maximum absolute atomic E-state index is 13.0. The first-order valence-electron chi connectivity index (χ1n) is 9.00. The largest absolute Gasteiger partial charge is 0.492 e. The minimum atomic E-state index is -3.83. The highest BCUT2D eigenvalue weighted by atomic mass is 32.2. The zero-order chi connectivity index (χ0) is 20.0. The third-order valence-corrected chi connectivity index (χ3v) is 5.45. The smallest absolute Gasteiger partial charge is 0.261 e. The molecule has 1 amide bonds. The molecule has 0 saturated heterocycles. The first-order chi connectivity index (χ1) is 12.8. The van der Waals surface area contributed by atoms with Gasteiger partial charge in [-0.3, -0.25) is 9.52 Å². The summed E-state index contributed by atoms with van der Waals surface area (Å²) >= 11 is 0. The lowest BCUT2D eigenvalue weighted by Gasteiger charge is -2.17. The van der Waals surface area contributed by atoms with E-state index >= 15 is 0 Å². The van der Waals surface area contributed by atoms with Crippen LogP contribution in [0.4, 0.5) is 11.4 Å². The van der Waals surface area contributed by atoms with Crippen LogP contribution in [0.15, 0.2) is 41.3 Å². The number of hydrogen-bond acceptors (Lipinski definition) is 4. The van der Waals surface area contributed by atoms with Crippen LogP contribution < -0.4 is 14.8 Å². The van der Waals surface area contributed by atoms with Crippen LogP contribution in [0.2, 0.25) is 0 Å². The van der Waals surface area contributed by atoms with E-state index in [1.54, 1.807) is 6.07 Å². The van der Waals surface area contributed by atoms with E-state index in [1.807, 2.05) is 39.0 Å². The van der Waals surface area contributed by atoms with Crippen molar-refractivity contribution in [2.24, 2.45) is 0 Å². The van der Waals surface area contributed by atoms with E-state index in [-0.39, 0.29) is 10.8 Å². The van der Waals surface area contributed by atoms with E-state index in [2.05, 4.69) is 10.0 Å². The molecule has 7 heteroatoms. The maximum Gasteiger partial charge on any atom is 0.261 e. The number of hydrogen-bond donors (Lipinski definition) is 2. The number of sulfonamides is 1. The molecule has 0 spiro atoms. The summed E-state index contributed by atoms with van der Waals surface area (Å²) in [4.78, 5) is 11.5. The third-order valence-electron chi connectivity index (χ3n) is 4.11. The van der Waals surface area contributed by atoms with Crippen LogP contribution in [0.25, 0.3) is 0 Å². The number of ether oxygens (including phenoxy) is 1. The van der Waals surface area contributed by atoms with Gasteiger partial charge in [0.25, 0.3) is 10.0 Å². The summed E-state index contributed by atoms with van der Waals surface area (Å²) in [6.45, 7) is 7.55. The maximum atomic E-state index is 13.0. The Hall–Kier alpha value is -2.54. The van der Waals surface area contributed by atoms with Crippen LogP contribution in [0.5, 0.6) is 5.75 Å². The van der Waals surface area contributed by atoms with Gasteiger partial charge in [-0.25, -0.2) is 8.42 Å². The number of para-hydroxylation sites is 1. The highest BCUT2D eigenvalue weighted by Gasteiger charge is 2.20. The quantitative estimate of drug-likeness (QED) is 0.714. The fraction of sp³-hybridized carbons (Fsp3) is 0.350. The molecule has 0 heterocycles. The van der Waals surface area contributed by atoms with Gasteiger partial charge >= 0.3 is 0 Å². The van der Waals surface area contributed by atoms with E-state index in [0.717, 1.165) is 11.1 Å². The normalized spacial score (nSPS) is 11.1. The second-order valence-electron chi connectivity index (χ2n) is 6.04. The molecule has 2 rings (SSSR count). The van der Waals surface area contributed by atoms with Gasteiger partial charge in [0.1, 0.15) is 5.75 Å². The molecular formula is C20H26N2O4S. The lowest BCUT2D eigenvalue weighted by atomic mass is 10.0. The lowest BCUT2D eigenvalue weighted by molar-refractivity contribution is -0.114. The fourth-order valence-corrected chi connectivity index (χ4v) is 3.98. The second-order valence-corrected chi connectivity index (χ2v) is 7.72. The van der Waals surface area contributed by atoms with Crippen molar-refractivity contribution in [1.82, 2.24) is 0 Å². The van der Waals surface area contributed by atoms with Crippen molar-refractivity contribution in [1.29, 1.82) is 0 Å². The minimum absolute atomic E-state index is 0.0580. The van der Waals surface area contributed by atoms with E-state index in [4.69, 9.17) is 4.74 Å². The molecule has 0 aliphatic carbocycles. The highest BCUT2D eigenvalue weighted by molar-refractivity contribution is 7.92. The number of carbonyl (C=O) groups is 1. The average molecular weight is 391 g/mol. The molecule has 0 aliphatic rings. The Morgan fingerprint density at radius 3 is 2.19 bits per heavy atom. The lowest BCUT2D eigenvalue weighted by Crippen LogP contribution is -2.16. The molecule has 0 bridgehead atoms. The number of amides is 1. The van der Waals surface area contributed by atoms with E-state index in [9.17, 15) is 13.2 Å². The van der Waals surface area contributed by atoms with Gasteiger partial charge in [-0.2, -0.15) is 0 Å². The Labute approximate surface area is 161 Å². The molecule has 6 nitrogen and oxygen atoms in total. The van der Waals surface area contributed by atoms with Crippen molar-refractivity contribution in [3.8, 4) is 5.75 Å². The molecule has 0 unspecified atom stereocenters. The average Bonchev–Trinajstić information content (AvgIpc) is 2.62. The molecule has 0 atom stereocenters. The van der Waals surface area contributed by atoms with Gasteiger partial charge in [0, 0.05) is 6.92 Å². The Morgan fingerprint density at radius 2 is 1.67 bits per heavy atom. The molecule has 2 N–H and O–H groups in total. The summed E-state index contributed by atoms with van der Waals surface area (Å²) in [5.74, 6) is 0.123. The topological polar surface area (TPSA) is 84.5 Å². The van der Waals surface area contributed by atoms with E-state index < -0.39 is 10.0 Å². The molecule has 2 aromatic rings. The van der Waals surface area contributed by atoms with Crippen LogP contribution in [-0.2, 0) is 27.7 Å². The zero-order valence-corrected chi connectivity index (χ0v) is 16.9. The summed E-state index contributed by atoms with van der Waals surface area (Å²) in [7, 11) is -3.83. The standard InChI is InChI=1S/C20H26N2O4S/c1-5-15-9-8-10-16(6-2)20(15)22-27(24,25)17-11-12-19(26-7-3)18(13-17)21-14(4)23/h8-13,22H,5-7H2,1-4H3,(H,21,23). The summed E-state index contributed by atoms with van der Waals surface area (Å²) in [5.41, 5.74) is 2.82. The van der Waals surface area contributed by atoms with Gasteiger partial charge < -0.3 is 10.1 Å². The summed E-state index contributed by atoms with van der Waals surface area (Å²) < 4.78 is 34.2. The predicted octanol–water partition coefficient (Wildman–Crippen LogP) is 3.97. The summed E-state index contributed by atoms with van der Waals surface area (Å²) in [6, 6.07) is 10.2. The minimum Gasteiger partial charge on any atom is -0.492 e. The number of rotatable bonds is 8. The van der Waals surface area contributed by atoms with E-state index in [1.165, 1.54) is 19.1 Å². The third kappa shape index (κ3) is 5.01. The molecule has 146 valence electrons. The zero-order valence-electron chi connectivity index (χ0n) is 16.1. The number of carbonyl (C=O) groups excluding carboxylic acids is 1. The second kappa shape index (κ2) is 8.90.